The van der Waals surface area contributed by atoms with E-state index in [1.54, 1.807) is 0 Å². The summed E-state index contributed by atoms with van der Waals surface area (Å²) in [6, 6.07) is 17.8. The van der Waals surface area contributed by atoms with Gasteiger partial charge >= 0.3 is 0 Å². The molecule has 0 saturated heterocycles. The van der Waals surface area contributed by atoms with Gasteiger partial charge in [0.25, 0.3) is 0 Å². The highest BCUT2D eigenvalue weighted by molar-refractivity contribution is 5.75. The van der Waals surface area contributed by atoms with Gasteiger partial charge in [-0.1, -0.05) is 71.0 Å². The summed E-state index contributed by atoms with van der Waals surface area (Å²) in [5.74, 6) is 0. The Morgan fingerprint density at radius 2 is 1.28 bits per heavy atom. The molecule has 1 heterocycles. The molecule has 0 aliphatic heterocycles. The summed E-state index contributed by atoms with van der Waals surface area (Å²) in [4.78, 5) is 0. The summed E-state index contributed by atoms with van der Waals surface area (Å²) >= 11 is 0. The zero-order valence-electron chi connectivity index (χ0n) is 19.6. The molecular formula is C28H36N+. The van der Waals surface area contributed by atoms with E-state index in [4.69, 9.17) is 0 Å². The molecule has 0 unspecified atom stereocenters. The molecule has 2 aromatic carbocycles. The maximum atomic E-state index is 2.42. The van der Waals surface area contributed by atoms with Crippen LogP contribution in [-0.4, -0.2) is 0 Å². The Balaban J connectivity index is 2.26. The minimum Gasteiger partial charge on any atom is -0.201 e. The predicted molar refractivity (Wildman–Crippen MR) is 125 cm³/mol. The van der Waals surface area contributed by atoms with E-state index in [-0.39, 0.29) is 10.8 Å². The first-order valence-corrected chi connectivity index (χ1v) is 10.6. The molecule has 3 aromatic rings. The van der Waals surface area contributed by atoms with E-state index in [2.05, 4.69) is 122 Å². The summed E-state index contributed by atoms with van der Waals surface area (Å²) < 4.78 is 2.28. The van der Waals surface area contributed by atoms with Gasteiger partial charge in [0.05, 0.1) is 0 Å². The molecule has 3 rings (SSSR count). The number of aryl methyl sites for hydroxylation is 4. The minimum absolute atomic E-state index is 0.0704. The van der Waals surface area contributed by atoms with Gasteiger partial charge in [0, 0.05) is 17.2 Å². The Kier molecular flexibility index (Phi) is 5.47. The van der Waals surface area contributed by atoms with Crippen molar-refractivity contribution in [3.8, 4) is 22.4 Å². The van der Waals surface area contributed by atoms with E-state index < -0.39 is 0 Å². The topological polar surface area (TPSA) is 3.88 Å². The molecule has 0 atom stereocenters. The molecule has 29 heavy (non-hydrogen) atoms. The lowest BCUT2D eigenvalue weighted by Gasteiger charge is -2.40. The highest BCUT2D eigenvalue weighted by Gasteiger charge is 2.37. The van der Waals surface area contributed by atoms with Crippen LogP contribution < -0.4 is 4.57 Å². The highest BCUT2D eigenvalue weighted by atomic mass is 14.9. The molecule has 0 fully saturated rings. The average Bonchev–Trinajstić information content (AvgIpc) is 2.62. The van der Waals surface area contributed by atoms with Crippen molar-refractivity contribution in [1.82, 2.24) is 0 Å². The first kappa shape index (κ1) is 21.3. The van der Waals surface area contributed by atoms with Gasteiger partial charge in [0.1, 0.15) is 7.05 Å². The molecule has 0 aliphatic carbocycles. The molecule has 0 N–H and O–H groups in total. The number of aromatic nitrogens is 1. The van der Waals surface area contributed by atoms with Crippen LogP contribution in [0.4, 0.5) is 0 Å². The first-order chi connectivity index (χ1) is 13.4. The van der Waals surface area contributed by atoms with Crippen LogP contribution in [0.2, 0.25) is 0 Å². The van der Waals surface area contributed by atoms with Gasteiger partial charge in [-0.15, -0.1) is 0 Å². The SMILES string of the molecule is Cc1cc(C)c(-c2cc(C(C)(C)C(C)(C)C)c(C)c[n+]2C)cc1-c1ccccc1. The Labute approximate surface area is 177 Å². The zero-order valence-corrected chi connectivity index (χ0v) is 19.6. The molecule has 0 spiro atoms. The third-order valence-corrected chi connectivity index (χ3v) is 6.95. The van der Waals surface area contributed by atoms with Crippen molar-refractivity contribution < 1.29 is 4.57 Å². The van der Waals surface area contributed by atoms with Crippen LogP contribution in [0.1, 0.15) is 56.9 Å². The first-order valence-electron chi connectivity index (χ1n) is 10.6. The zero-order chi connectivity index (χ0) is 21.6. The van der Waals surface area contributed by atoms with Gasteiger partial charge in [0.15, 0.2) is 6.20 Å². The van der Waals surface area contributed by atoms with Crippen LogP contribution in [0.15, 0.2) is 54.7 Å². The van der Waals surface area contributed by atoms with E-state index in [0.29, 0.717) is 0 Å². The predicted octanol–water partition coefficient (Wildman–Crippen LogP) is 7.09. The quantitative estimate of drug-likeness (QED) is 0.423. The lowest BCUT2D eigenvalue weighted by molar-refractivity contribution is -0.660. The second-order valence-electron chi connectivity index (χ2n) is 10.1. The third-order valence-electron chi connectivity index (χ3n) is 6.95. The van der Waals surface area contributed by atoms with E-state index in [1.165, 1.54) is 44.6 Å². The molecule has 0 amide bonds. The van der Waals surface area contributed by atoms with Crippen molar-refractivity contribution in [2.45, 2.75) is 60.8 Å². The van der Waals surface area contributed by atoms with Gasteiger partial charge in [-0.05, 0) is 65.5 Å². The second-order valence-corrected chi connectivity index (χ2v) is 10.1. The van der Waals surface area contributed by atoms with Gasteiger partial charge in [-0.2, -0.15) is 0 Å². The number of hydrogen-bond acceptors (Lipinski definition) is 0. The normalized spacial score (nSPS) is 12.3. The van der Waals surface area contributed by atoms with E-state index in [0.717, 1.165) is 0 Å². The fourth-order valence-corrected chi connectivity index (χ4v) is 4.18. The third kappa shape index (κ3) is 3.88. The number of benzene rings is 2. The van der Waals surface area contributed by atoms with Gasteiger partial charge in [0.2, 0.25) is 5.69 Å². The minimum atomic E-state index is 0.0704. The van der Waals surface area contributed by atoms with Crippen molar-refractivity contribution in [3.05, 3.63) is 77.0 Å². The van der Waals surface area contributed by atoms with E-state index in [9.17, 15) is 0 Å². The Hall–Kier alpha value is -2.41. The fourth-order valence-electron chi connectivity index (χ4n) is 4.18. The summed E-state index contributed by atoms with van der Waals surface area (Å²) in [7, 11) is 2.16. The number of pyridine rings is 1. The number of nitrogens with zero attached hydrogens (tertiary/aromatic N) is 1. The lowest BCUT2D eigenvalue weighted by Crippen LogP contribution is -2.38. The lowest BCUT2D eigenvalue weighted by atomic mass is 9.64. The van der Waals surface area contributed by atoms with Crippen LogP contribution in [0, 0.1) is 26.2 Å². The molecule has 1 aromatic heterocycles. The van der Waals surface area contributed by atoms with Crippen molar-refractivity contribution in [2.24, 2.45) is 12.5 Å². The standard InChI is InChI=1S/C28H36N/c1-19-15-20(2)24(16-23(19)22-13-11-10-12-14-22)26-17-25(21(3)18-29(26)9)28(7,8)27(4,5)6/h10-18H,1-9H3/q+1. The van der Waals surface area contributed by atoms with Crippen molar-refractivity contribution >= 4 is 0 Å². The van der Waals surface area contributed by atoms with Crippen LogP contribution >= 0.6 is 0 Å². The largest absolute Gasteiger partial charge is 0.212 e. The smallest absolute Gasteiger partial charge is 0.201 e. The van der Waals surface area contributed by atoms with Gasteiger partial charge < -0.3 is 0 Å². The fraction of sp³-hybridized carbons (Fsp3) is 0.393. The van der Waals surface area contributed by atoms with Crippen LogP contribution in [0.25, 0.3) is 22.4 Å². The van der Waals surface area contributed by atoms with Gasteiger partial charge in [-0.3, -0.25) is 0 Å². The summed E-state index contributed by atoms with van der Waals surface area (Å²) in [6.07, 6.45) is 2.29. The van der Waals surface area contributed by atoms with E-state index >= 15 is 0 Å². The molecule has 0 radical (unpaired) electrons. The molecule has 0 bridgehead atoms. The van der Waals surface area contributed by atoms with Crippen LogP contribution in [0.5, 0.6) is 0 Å². The molecular weight excluding hydrogens is 350 g/mol. The molecule has 0 saturated carbocycles. The second kappa shape index (κ2) is 7.44. The van der Waals surface area contributed by atoms with Crippen LogP contribution in [-0.2, 0) is 12.5 Å². The Bertz CT molecular complexity index is 1030. The summed E-state index contributed by atoms with van der Waals surface area (Å²) in [5.41, 5.74) is 10.8. The number of hydrogen-bond donors (Lipinski definition) is 0. The van der Waals surface area contributed by atoms with Crippen molar-refractivity contribution in [3.63, 3.8) is 0 Å². The Morgan fingerprint density at radius 3 is 1.86 bits per heavy atom. The van der Waals surface area contributed by atoms with Crippen LogP contribution in [0.3, 0.4) is 0 Å². The summed E-state index contributed by atoms with van der Waals surface area (Å²) in [6.45, 7) is 18.4. The molecule has 1 nitrogen and oxygen atoms in total. The molecule has 1 heteroatoms. The summed E-state index contributed by atoms with van der Waals surface area (Å²) in [5, 5.41) is 0. The van der Waals surface area contributed by atoms with Crippen molar-refractivity contribution in [1.29, 1.82) is 0 Å². The maximum absolute atomic E-state index is 2.42. The van der Waals surface area contributed by atoms with E-state index in [1.807, 2.05) is 0 Å². The average molecular weight is 387 g/mol. The maximum Gasteiger partial charge on any atom is 0.212 e. The Morgan fingerprint density at radius 1 is 0.690 bits per heavy atom. The molecule has 0 aliphatic rings. The molecule has 152 valence electrons. The number of rotatable bonds is 3. The highest BCUT2D eigenvalue weighted by Crippen LogP contribution is 2.43. The van der Waals surface area contributed by atoms with Gasteiger partial charge in [-0.25, -0.2) is 4.57 Å². The monoisotopic (exact) mass is 386 g/mol. The van der Waals surface area contributed by atoms with Crippen molar-refractivity contribution in [2.75, 3.05) is 0 Å².